The number of nitrogens with zero attached hydrogens (tertiary/aromatic N) is 3. The number of hydrogen-bond donors (Lipinski definition) is 2. The predicted octanol–water partition coefficient (Wildman–Crippen LogP) is 0.227. The standard InChI is InChI=1S/C14H23N5O/c1-17(2)13-5-4-11(15)10-12(13)14(20)16-19-8-6-18(3)7-9-19/h4-5,10H,6-9,15H2,1-3H3,(H,16,20). The van der Waals surface area contributed by atoms with E-state index in [9.17, 15) is 4.79 Å². The molecule has 0 aliphatic carbocycles. The summed E-state index contributed by atoms with van der Waals surface area (Å²) in [4.78, 5) is 16.6. The van der Waals surface area contributed by atoms with Gasteiger partial charge in [-0.15, -0.1) is 0 Å². The second-order valence-corrected chi connectivity index (χ2v) is 5.40. The molecule has 1 fully saturated rings. The van der Waals surface area contributed by atoms with Gasteiger partial charge in [-0.3, -0.25) is 10.2 Å². The van der Waals surface area contributed by atoms with E-state index in [2.05, 4.69) is 17.4 Å². The molecule has 1 heterocycles. The van der Waals surface area contributed by atoms with Gasteiger partial charge >= 0.3 is 0 Å². The maximum Gasteiger partial charge on any atom is 0.267 e. The SMILES string of the molecule is CN1CCN(NC(=O)c2cc(N)ccc2N(C)C)CC1. The molecule has 0 spiro atoms. The number of likely N-dealkylation sites (N-methyl/N-ethyl adjacent to an activating group) is 1. The lowest BCUT2D eigenvalue weighted by Gasteiger charge is -2.32. The molecule has 20 heavy (non-hydrogen) atoms. The summed E-state index contributed by atoms with van der Waals surface area (Å²) in [5.74, 6) is -0.106. The van der Waals surface area contributed by atoms with Gasteiger partial charge in [0.05, 0.1) is 5.56 Å². The summed E-state index contributed by atoms with van der Waals surface area (Å²) in [6, 6.07) is 5.40. The topological polar surface area (TPSA) is 64.8 Å². The first-order valence-electron chi connectivity index (χ1n) is 6.78. The maximum atomic E-state index is 12.4. The fourth-order valence-corrected chi connectivity index (χ4v) is 2.25. The Morgan fingerprint density at radius 2 is 1.90 bits per heavy atom. The first kappa shape index (κ1) is 14.6. The average molecular weight is 277 g/mol. The molecule has 1 aliphatic rings. The average Bonchev–Trinajstić information content (AvgIpc) is 2.41. The molecule has 0 saturated carbocycles. The number of nitrogen functional groups attached to an aromatic ring is 1. The van der Waals surface area contributed by atoms with Gasteiger partial charge in [0.2, 0.25) is 0 Å². The van der Waals surface area contributed by atoms with Crippen molar-refractivity contribution in [3.8, 4) is 0 Å². The third-order valence-electron chi connectivity index (χ3n) is 3.51. The minimum Gasteiger partial charge on any atom is -0.399 e. The maximum absolute atomic E-state index is 12.4. The zero-order valence-corrected chi connectivity index (χ0v) is 12.4. The Hall–Kier alpha value is -1.79. The number of hydrazine groups is 1. The Morgan fingerprint density at radius 1 is 1.25 bits per heavy atom. The number of nitrogens with one attached hydrogen (secondary N) is 1. The van der Waals surface area contributed by atoms with Gasteiger partial charge in [0.25, 0.3) is 5.91 Å². The van der Waals surface area contributed by atoms with Crippen LogP contribution in [0, 0.1) is 0 Å². The predicted molar refractivity (Wildman–Crippen MR) is 81.7 cm³/mol. The van der Waals surface area contributed by atoms with E-state index in [0.717, 1.165) is 31.9 Å². The summed E-state index contributed by atoms with van der Waals surface area (Å²) in [6.07, 6.45) is 0. The lowest BCUT2D eigenvalue weighted by Crippen LogP contribution is -2.52. The third-order valence-corrected chi connectivity index (χ3v) is 3.51. The van der Waals surface area contributed by atoms with Crippen molar-refractivity contribution in [2.75, 3.05) is 58.0 Å². The van der Waals surface area contributed by atoms with Crippen LogP contribution in [0.3, 0.4) is 0 Å². The lowest BCUT2D eigenvalue weighted by molar-refractivity contribution is 0.0663. The summed E-state index contributed by atoms with van der Waals surface area (Å²) in [5, 5.41) is 1.96. The van der Waals surface area contributed by atoms with Gasteiger partial charge < -0.3 is 15.5 Å². The van der Waals surface area contributed by atoms with Crippen molar-refractivity contribution >= 4 is 17.3 Å². The van der Waals surface area contributed by atoms with Crippen molar-refractivity contribution in [1.29, 1.82) is 0 Å². The van der Waals surface area contributed by atoms with Gasteiger partial charge in [-0.2, -0.15) is 0 Å². The monoisotopic (exact) mass is 277 g/mol. The van der Waals surface area contributed by atoms with Crippen LogP contribution in [0.1, 0.15) is 10.4 Å². The molecule has 1 saturated heterocycles. The molecule has 0 unspecified atom stereocenters. The van der Waals surface area contributed by atoms with E-state index >= 15 is 0 Å². The fourth-order valence-electron chi connectivity index (χ4n) is 2.25. The molecule has 3 N–H and O–H groups in total. The molecule has 1 aromatic rings. The smallest absolute Gasteiger partial charge is 0.267 e. The first-order valence-corrected chi connectivity index (χ1v) is 6.78. The van der Waals surface area contributed by atoms with Crippen molar-refractivity contribution in [2.45, 2.75) is 0 Å². The zero-order valence-electron chi connectivity index (χ0n) is 12.4. The second-order valence-electron chi connectivity index (χ2n) is 5.40. The molecule has 6 heteroatoms. The number of carbonyl (C=O) groups excluding carboxylic acids is 1. The minimum absolute atomic E-state index is 0.106. The summed E-state index contributed by atoms with van der Waals surface area (Å²) < 4.78 is 0. The quantitative estimate of drug-likeness (QED) is 0.774. The Labute approximate surface area is 120 Å². The van der Waals surface area contributed by atoms with Crippen molar-refractivity contribution in [1.82, 2.24) is 15.3 Å². The van der Waals surface area contributed by atoms with E-state index in [4.69, 9.17) is 5.73 Å². The molecular formula is C14H23N5O. The lowest BCUT2D eigenvalue weighted by atomic mass is 10.1. The van der Waals surface area contributed by atoms with Gasteiger partial charge in [-0.1, -0.05) is 0 Å². The van der Waals surface area contributed by atoms with Gasteiger partial charge in [0.1, 0.15) is 0 Å². The molecule has 0 bridgehead atoms. The van der Waals surface area contributed by atoms with E-state index in [1.165, 1.54) is 0 Å². The highest BCUT2D eigenvalue weighted by Gasteiger charge is 2.19. The molecule has 2 rings (SSSR count). The molecule has 6 nitrogen and oxygen atoms in total. The van der Waals surface area contributed by atoms with Crippen molar-refractivity contribution in [2.24, 2.45) is 0 Å². The van der Waals surface area contributed by atoms with Crippen LogP contribution in [-0.2, 0) is 0 Å². The Balaban J connectivity index is 2.10. The molecule has 1 aromatic carbocycles. The third kappa shape index (κ3) is 3.40. The molecule has 1 amide bonds. The Bertz CT molecular complexity index is 480. The summed E-state index contributed by atoms with van der Waals surface area (Å²) in [6.45, 7) is 3.58. The highest BCUT2D eigenvalue weighted by atomic mass is 16.2. The highest BCUT2D eigenvalue weighted by Crippen LogP contribution is 2.21. The number of carbonyl (C=O) groups is 1. The number of anilines is 2. The van der Waals surface area contributed by atoms with Crippen LogP contribution in [-0.4, -0.2) is 63.1 Å². The van der Waals surface area contributed by atoms with Crippen molar-refractivity contribution in [3.05, 3.63) is 23.8 Å². The molecular weight excluding hydrogens is 254 g/mol. The normalized spacial score (nSPS) is 16.9. The number of nitrogens with two attached hydrogens (primary N) is 1. The van der Waals surface area contributed by atoms with E-state index in [-0.39, 0.29) is 5.91 Å². The summed E-state index contributed by atoms with van der Waals surface area (Å²) in [5.41, 5.74) is 10.8. The largest absolute Gasteiger partial charge is 0.399 e. The van der Waals surface area contributed by atoms with Gasteiger partial charge in [0.15, 0.2) is 0 Å². The van der Waals surface area contributed by atoms with E-state index in [1.807, 2.05) is 36.1 Å². The second kappa shape index (κ2) is 6.11. The minimum atomic E-state index is -0.106. The van der Waals surface area contributed by atoms with E-state index in [1.54, 1.807) is 6.07 Å². The molecule has 1 aliphatic heterocycles. The van der Waals surface area contributed by atoms with Crippen LogP contribution in [0.25, 0.3) is 0 Å². The van der Waals surface area contributed by atoms with Crippen LogP contribution < -0.4 is 16.1 Å². The highest BCUT2D eigenvalue weighted by molar-refractivity contribution is 6.00. The summed E-state index contributed by atoms with van der Waals surface area (Å²) >= 11 is 0. The van der Waals surface area contributed by atoms with Crippen molar-refractivity contribution in [3.63, 3.8) is 0 Å². The van der Waals surface area contributed by atoms with Crippen LogP contribution in [0.5, 0.6) is 0 Å². The number of amides is 1. The number of hydrogen-bond acceptors (Lipinski definition) is 5. The Morgan fingerprint density at radius 3 is 2.50 bits per heavy atom. The summed E-state index contributed by atoms with van der Waals surface area (Å²) in [7, 11) is 5.91. The zero-order chi connectivity index (χ0) is 14.7. The van der Waals surface area contributed by atoms with E-state index in [0.29, 0.717) is 11.3 Å². The van der Waals surface area contributed by atoms with E-state index < -0.39 is 0 Å². The van der Waals surface area contributed by atoms with Crippen LogP contribution in [0.2, 0.25) is 0 Å². The van der Waals surface area contributed by atoms with Crippen LogP contribution in [0.4, 0.5) is 11.4 Å². The number of piperazine rings is 1. The van der Waals surface area contributed by atoms with Gasteiger partial charge in [-0.05, 0) is 25.2 Å². The van der Waals surface area contributed by atoms with Crippen molar-refractivity contribution < 1.29 is 4.79 Å². The van der Waals surface area contributed by atoms with Crippen LogP contribution >= 0.6 is 0 Å². The molecule has 0 atom stereocenters. The van der Waals surface area contributed by atoms with Gasteiger partial charge in [-0.25, -0.2) is 5.01 Å². The van der Waals surface area contributed by atoms with Gasteiger partial charge in [0, 0.05) is 51.6 Å². The molecule has 0 aromatic heterocycles. The fraction of sp³-hybridized carbons (Fsp3) is 0.500. The number of benzene rings is 1. The van der Waals surface area contributed by atoms with Crippen LogP contribution in [0.15, 0.2) is 18.2 Å². The first-order chi connectivity index (χ1) is 9.47. The molecule has 0 radical (unpaired) electrons. The Kier molecular flexibility index (Phi) is 4.46. The molecule has 110 valence electrons. The number of rotatable bonds is 3.